The van der Waals surface area contributed by atoms with Gasteiger partial charge in [0.2, 0.25) is 23.6 Å². The lowest BCUT2D eigenvalue weighted by Crippen LogP contribution is -2.52. The minimum Gasteiger partial charge on any atom is -0.394 e. The quantitative estimate of drug-likeness (QED) is 0.123. The number of hydrogen-bond acceptors (Lipinski definition) is 8. The summed E-state index contributed by atoms with van der Waals surface area (Å²) in [4.78, 5) is 47.4. The minimum atomic E-state index is -0.917. The molecule has 0 aromatic carbocycles. The summed E-state index contributed by atoms with van der Waals surface area (Å²) in [5.74, 6) is -1.68. The van der Waals surface area contributed by atoms with Crippen molar-refractivity contribution in [2.24, 2.45) is 5.73 Å². The van der Waals surface area contributed by atoms with E-state index < -0.39 is 30.0 Å². The Balaban J connectivity index is 3.96. The van der Waals surface area contributed by atoms with Crippen molar-refractivity contribution >= 4 is 23.6 Å². The van der Waals surface area contributed by atoms with E-state index in [1.54, 1.807) is 0 Å². The highest BCUT2D eigenvalue weighted by molar-refractivity contribution is 5.92. The Morgan fingerprint density at radius 2 is 1.57 bits per heavy atom. The number of rotatable bonds is 16. The Kier molecular flexibility index (Phi) is 15.3. The zero-order valence-electron chi connectivity index (χ0n) is 17.6. The fourth-order valence-electron chi connectivity index (χ4n) is 2.12. The molecule has 0 aliphatic carbocycles. The van der Waals surface area contributed by atoms with E-state index in [0.29, 0.717) is 26.1 Å². The van der Waals surface area contributed by atoms with E-state index in [4.69, 9.17) is 20.7 Å². The molecule has 0 saturated carbocycles. The van der Waals surface area contributed by atoms with Crippen molar-refractivity contribution in [1.82, 2.24) is 21.3 Å². The van der Waals surface area contributed by atoms with Gasteiger partial charge in [0, 0.05) is 39.1 Å². The number of nitrogens with one attached hydrogen (secondary N) is 4. The number of carbonyl (C=O) groups is 4. The molecule has 8 N–H and O–H groups in total. The van der Waals surface area contributed by atoms with Crippen LogP contribution in [-0.4, -0.2) is 91.5 Å². The van der Waals surface area contributed by atoms with E-state index in [-0.39, 0.29) is 44.4 Å². The van der Waals surface area contributed by atoms with Crippen LogP contribution in [0.4, 0.5) is 0 Å². The average Bonchev–Trinajstić information content (AvgIpc) is 2.72. The van der Waals surface area contributed by atoms with Crippen LogP contribution < -0.4 is 27.0 Å². The van der Waals surface area contributed by atoms with Gasteiger partial charge in [-0.25, -0.2) is 0 Å². The van der Waals surface area contributed by atoms with Gasteiger partial charge in [-0.3, -0.25) is 19.2 Å². The van der Waals surface area contributed by atoms with E-state index >= 15 is 0 Å². The van der Waals surface area contributed by atoms with Crippen LogP contribution in [0, 0.1) is 0 Å². The molecule has 0 bridgehead atoms. The van der Waals surface area contributed by atoms with Gasteiger partial charge in [0.15, 0.2) is 0 Å². The molecule has 0 aliphatic rings. The fourth-order valence-corrected chi connectivity index (χ4v) is 2.12. The van der Waals surface area contributed by atoms with Gasteiger partial charge in [-0.15, -0.1) is 0 Å². The van der Waals surface area contributed by atoms with Gasteiger partial charge in [-0.05, 0) is 20.3 Å². The van der Waals surface area contributed by atoms with Crippen LogP contribution in [0.1, 0.15) is 33.1 Å². The first kappa shape index (κ1) is 27.7. The lowest BCUT2D eigenvalue weighted by Gasteiger charge is -2.18. The summed E-state index contributed by atoms with van der Waals surface area (Å²) in [5, 5.41) is 27.9. The largest absolute Gasteiger partial charge is 0.394 e. The second kappa shape index (κ2) is 16.5. The molecule has 0 saturated heterocycles. The Labute approximate surface area is 176 Å². The zero-order valence-corrected chi connectivity index (χ0v) is 17.6. The smallest absolute Gasteiger partial charge is 0.242 e. The molecule has 12 nitrogen and oxygen atoms in total. The first-order valence-electron chi connectivity index (χ1n) is 9.92. The minimum absolute atomic E-state index is 0.0214. The highest BCUT2D eigenvalue weighted by Crippen LogP contribution is 1.94. The third-order valence-corrected chi connectivity index (χ3v) is 3.85. The van der Waals surface area contributed by atoms with Crippen LogP contribution in [-0.2, 0) is 23.9 Å². The van der Waals surface area contributed by atoms with E-state index in [1.165, 1.54) is 13.8 Å². The molecule has 0 spiro atoms. The number of aliphatic hydroxyl groups excluding tert-OH is 2. The molecule has 0 fully saturated rings. The SMILES string of the molecule is C[C@H](NC(=O)CCC(=O)NCCCOCC(O)CO)C(=O)N[C@@H](C)C(=O)NCCN. The van der Waals surface area contributed by atoms with Gasteiger partial charge in [-0.1, -0.05) is 0 Å². The van der Waals surface area contributed by atoms with Crippen LogP contribution in [0.3, 0.4) is 0 Å². The molecule has 3 atom stereocenters. The Morgan fingerprint density at radius 3 is 2.20 bits per heavy atom. The standard InChI is InChI=1S/C18H35N5O7/c1-12(17(28)21-8-6-19)23-18(29)13(2)22-16(27)5-4-15(26)20-7-3-9-30-11-14(25)10-24/h12-14,24-25H,3-11,19H2,1-2H3,(H,20,26)(H,21,28)(H,22,27)(H,23,29)/t12-,13-,14?/m0/s1. The normalized spacial score (nSPS) is 13.6. The number of carbonyl (C=O) groups excluding carboxylic acids is 4. The number of aliphatic hydroxyl groups is 2. The van der Waals surface area contributed by atoms with Crippen LogP contribution in [0.5, 0.6) is 0 Å². The van der Waals surface area contributed by atoms with E-state index in [2.05, 4.69) is 21.3 Å². The Morgan fingerprint density at radius 1 is 0.933 bits per heavy atom. The lowest BCUT2D eigenvalue weighted by molar-refractivity contribution is -0.132. The van der Waals surface area contributed by atoms with Crippen molar-refractivity contribution in [1.29, 1.82) is 0 Å². The molecule has 30 heavy (non-hydrogen) atoms. The molecule has 174 valence electrons. The zero-order chi connectivity index (χ0) is 22.9. The van der Waals surface area contributed by atoms with Gasteiger partial charge < -0.3 is 42.0 Å². The van der Waals surface area contributed by atoms with E-state index in [0.717, 1.165) is 0 Å². The molecule has 4 amide bonds. The van der Waals surface area contributed by atoms with Crippen molar-refractivity contribution in [3.8, 4) is 0 Å². The molecule has 0 rings (SSSR count). The number of ether oxygens (including phenoxy) is 1. The molecular formula is C18H35N5O7. The highest BCUT2D eigenvalue weighted by Gasteiger charge is 2.20. The van der Waals surface area contributed by atoms with Crippen molar-refractivity contribution in [2.75, 3.05) is 39.5 Å². The van der Waals surface area contributed by atoms with E-state index in [9.17, 15) is 19.2 Å². The number of hydrogen-bond donors (Lipinski definition) is 7. The number of nitrogens with two attached hydrogens (primary N) is 1. The van der Waals surface area contributed by atoms with Crippen molar-refractivity contribution in [3.05, 3.63) is 0 Å². The topological polar surface area (TPSA) is 192 Å². The van der Waals surface area contributed by atoms with Crippen LogP contribution >= 0.6 is 0 Å². The highest BCUT2D eigenvalue weighted by atomic mass is 16.5. The predicted octanol–water partition coefficient (Wildman–Crippen LogP) is -3.27. The van der Waals surface area contributed by atoms with Gasteiger partial charge >= 0.3 is 0 Å². The molecule has 1 unspecified atom stereocenters. The fraction of sp³-hybridized carbons (Fsp3) is 0.778. The van der Waals surface area contributed by atoms with Crippen molar-refractivity contribution in [3.63, 3.8) is 0 Å². The first-order valence-corrected chi connectivity index (χ1v) is 9.92. The third-order valence-electron chi connectivity index (χ3n) is 3.85. The van der Waals surface area contributed by atoms with Crippen LogP contribution in [0.25, 0.3) is 0 Å². The third kappa shape index (κ3) is 13.8. The van der Waals surface area contributed by atoms with Gasteiger partial charge in [0.25, 0.3) is 0 Å². The molecule has 0 radical (unpaired) electrons. The van der Waals surface area contributed by atoms with Gasteiger partial charge in [-0.2, -0.15) is 0 Å². The second-order valence-corrected chi connectivity index (χ2v) is 6.71. The summed E-state index contributed by atoms with van der Waals surface area (Å²) in [6.45, 7) is 3.89. The molecular weight excluding hydrogens is 398 g/mol. The summed E-state index contributed by atoms with van der Waals surface area (Å²) in [6, 6.07) is -1.64. The summed E-state index contributed by atoms with van der Waals surface area (Å²) >= 11 is 0. The summed E-state index contributed by atoms with van der Waals surface area (Å²) < 4.78 is 5.10. The van der Waals surface area contributed by atoms with Crippen molar-refractivity contribution in [2.45, 2.75) is 51.3 Å². The molecule has 0 aromatic rings. The summed E-state index contributed by atoms with van der Waals surface area (Å²) in [6.07, 6.45) is -0.527. The maximum Gasteiger partial charge on any atom is 0.242 e. The lowest BCUT2D eigenvalue weighted by atomic mass is 10.2. The van der Waals surface area contributed by atoms with Gasteiger partial charge in [0.1, 0.15) is 18.2 Å². The average molecular weight is 434 g/mol. The Bertz CT molecular complexity index is 547. The summed E-state index contributed by atoms with van der Waals surface area (Å²) in [7, 11) is 0. The van der Waals surface area contributed by atoms with Gasteiger partial charge in [0.05, 0.1) is 13.2 Å². The maximum atomic E-state index is 12.0. The molecule has 0 aliphatic heterocycles. The van der Waals surface area contributed by atoms with E-state index in [1.807, 2.05) is 0 Å². The molecule has 0 aromatic heterocycles. The number of amides is 4. The monoisotopic (exact) mass is 433 g/mol. The summed E-state index contributed by atoms with van der Waals surface area (Å²) in [5.41, 5.74) is 5.29. The molecule has 12 heteroatoms. The Hall–Kier alpha value is -2.28. The van der Waals surface area contributed by atoms with Crippen molar-refractivity contribution < 1.29 is 34.1 Å². The second-order valence-electron chi connectivity index (χ2n) is 6.71. The van der Waals surface area contributed by atoms with Crippen LogP contribution in [0.15, 0.2) is 0 Å². The van der Waals surface area contributed by atoms with Crippen LogP contribution in [0.2, 0.25) is 0 Å². The maximum absolute atomic E-state index is 12.0. The first-order chi connectivity index (χ1) is 14.2. The molecule has 0 heterocycles. The predicted molar refractivity (Wildman–Crippen MR) is 108 cm³/mol.